The average Bonchev–Trinajstić information content (AvgIpc) is 3.05. The predicted octanol–water partition coefficient (Wildman–Crippen LogP) is 3.77. The standard InChI is InChI=1S/C15H15N3OS/c1-11-4-3-5-14(8-11)18-7-6-16-15(18)20-10-13-9-12(2)19-17-13/h3-9H,10H2,1-2H3. The first-order chi connectivity index (χ1) is 9.72. The Morgan fingerprint density at radius 2 is 2.15 bits per heavy atom. The van der Waals surface area contributed by atoms with E-state index < -0.39 is 0 Å². The van der Waals surface area contributed by atoms with Crippen LogP contribution in [0.15, 0.2) is 52.4 Å². The van der Waals surface area contributed by atoms with Crippen molar-refractivity contribution in [2.75, 3.05) is 0 Å². The van der Waals surface area contributed by atoms with Crippen LogP contribution in [0.1, 0.15) is 17.0 Å². The van der Waals surface area contributed by atoms with Crippen molar-refractivity contribution in [2.24, 2.45) is 0 Å². The number of hydrogen-bond donors (Lipinski definition) is 0. The molecular weight excluding hydrogens is 270 g/mol. The van der Waals surface area contributed by atoms with Crippen LogP contribution in [0.3, 0.4) is 0 Å². The van der Waals surface area contributed by atoms with E-state index in [4.69, 9.17) is 4.52 Å². The first-order valence-electron chi connectivity index (χ1n) is 6.38. The molecule has 0 aliphatic heterocycles. The van der Waals surface area contributed by atoms with E-state index in [-0.39, 0.29) is 0 Å². The first-order valence-corrected chi connectivity index (χ1v) is 7.36. The van der Waals surface area contributed by atoms with Gasteiger partial charge in [0, 0.05) is 29.9 Å². The summed E-state index contributed by atoms with van der Waals surface area (Å²) in [6.45, 7) is 3.99. The highest BCUT2D eigenvalue weighted by atomic mass is 32.2. The number of rotatable bonds is 4. The van der Waals surface area contributed by atoms with Gasteiger partial charge in [0.1, 0.15) is 5.76 Å². The Morgan fingerprint density at radius 3 is 2.90 bits per heavy atom. The van der Waals surface area contributed by atoms with Gasteiger partial charge in [-0.15, -0.1) is 0 Å². The van der Waals surface area contributed by atoms with Crippen molar-refractivity contribution >= 4 is 11.8 Å². The largest absolute Gasteiger partial charge is 0.361 e. The van der Waals surface area contributed by atoms with Crippen LogP contribution < -0.4 is 0 Å². The Hall–Kier alpha value is -2.01. The predicted molar refractivity (Wildman–Crippen MR) is 79.1 cm³/mol. The zero-order valence-electron chi connectivity index (χ0n) is 11.4. The van der Waals surface area contributed by atoms with E-state index in [9.17, 15) is 0 Å². The average molecular weight is 285 g/mol. The molecule has 20 heavy (non-hydrogen) atoms. The summed E-state index contributed by atoms with van der Waals surface area (Å²) in [5.74, 6) is 1.59. The monoisotopic (exact) mass is 285 g/mol. The molecule has 0 aliphatic carbocycles. The van der Waals surface area contributed by atoms with E-state index in [2.05, 4.69) is 45.9 Å². The van der Waals surface area contributed by atoms with E-state index in [1.807, 2.05) is 25.4 Å². The van der Waals surface area contributed by atoms with Gasteiger partial charge in [-0.25, -0.2) is 4.98 Å². The number of benzene rings is 1. The Morgan fingerprint density at radius 1 is 1.25 bits per heavy atom. The summed E-state index contributed by atoms with van der Waals surface area (Å²) < 4.78 is 7.16. The zero-order chi connectivity index (χ0) is 13.9. The van der Waals surface area contributed by atoms with E-state index in [0.717, 1.165) is 28.1 Å². The molecule has 0 fully saturated rings. The van der Waals surface area contributed by atoms with Gasteiger partial charge in [-0.2, -0.15) is 0 Å². The first kappa shape index (κ1) is 13.0. The quantitative estimate of drug-likeness (QED) is 0.684. The molecule has 0 radical (unpaired) electrons. The molecule has 5 heteroatoms. The molecule has 2 heterocycles. The summed E-state index contributed by atoms with van der Waals surface area (Å²) in [5, 5.41) is 4.95. The Bertz CT molecular complexity index is 717. The van der Waals surface area contributed by atoms with E-state index in [1.165, 1.54) is 5.56 Å². The maximum atomic E-state index is 5.07. The van der Waals surface area contributed by atoms with Crippen molar-refractivity contribution in [2.45, 2.75) is 24.8 Å². The fourth-order valence-corrected chi connectivity index (χ4v) is 2.85. The summed E-state index contributed by atoms with van der Waals surface area (Å²) in [6, 6.07) is 10.3. The molecule has 0 amide bonds. The molecular formula is C15H15N3OS. The lowest BCUT2D eigenvalue weighted by atomic mass is 10.2. The fourth-order valence-electron chi connectivity index (χ4n) is 2.00. The van der Waals surface area contributed by atoms with E-state index in [0.29, 0.717) is 0 Å². The Balaban J connectivity index is 1.80. The van der Waals surface area contributed by atoms with Crippen LogP contribution in [0.2, 0.25) is 0 Å². The minimum Gasteiger partial charge on any atom is -0.361 e. The smallest absolute Gasteiger partial charge is 0.172 e. The molecule has 0 saturated heterocycles. The minimum atomic E-state index is 0.750. The van der Waals surface area contributed by atoms with Gasteiger partial charge in [0.05, 0.1) is 5.69 Å². The third-order valence-electron chi connectivity index (χ3n) is 2.91. The molecule has 0 bridgehead atoms. The zero-order valence-corrected chi connectivity index (χ0v) is 12.2. The fraction of sp³-hybridized carbons (Fsp3) is 0.200. The normalized spacial score (nSPS) is 10.9. The molecule has 2 aromatic heterocycles. The van der Waals surface area contributed by atoms with Gasteiger partial charge in [0.2, 0.25) is 0 Å². The van der Waals surface area contributed by atoms with Crippen molar-refractivity contribution in [3.8, 4) is 5.69 Å². The lowest BCUT2D eigenvalue weighted by Crippen LogP contribution is -1.95. The number of hydrogen-bond acceptors (Lipinski definition) is 4. The number of thioether (sulfide) groups is 1. The molecule has 3 aromatic rings. The highest BCUT2D eigenvalue weighted by molar-refractivity contribution is 7.98. The van der Waals surface area contributed by atoms with Crippen LogP contribution in [0.25, 0.3) is 5.69 Å². The number of aromatic nitrogens is 3. The summed E-state index contributed by atoms with van der Waals surface area (Å²) in [5.41, 5.74) is 3.30. The van der Waals surface area contributed by atoms with Gasteiger partial charge in [-0.3, -0.25) is 4.57 Å². The molecule has 0 spiro atoms. The van der Waals surface area contributed by atoms with E-state index >= 15 is 0 Å². The molecule has 102 valence electrons. The molecule has 0 atom stereocenters. The SMILES string of the molecule is Cc1cccc(-n2ccnc2SCc2cc(C)on2)c1. The third-order valence-corrected chi connectivity index (χ3v) is 3.91. The van der Waals surface area contributed by atoms with Crippen LogP contribution in [0.5, 0.6) is 0 Å². The second-order valence-electron chi connectivity index (χ2n) is 4.64. The van der Waals surface area contributed by atoms with Crippen molar-refractivity contribution < 1.29 is 4.52 Å². The summed E-state index contributed by atoms with van der Waals surface area (Å²) >= 11 is 1.65. The van der Waals surface area contributed by atoms with Gasteiger partial charge in [-0.1, -0.05) is 29.1 Å². The second kappa shape index (κ2) is 5.54. The molecule has 3 rings (SSSR count). The third kappa shape index (κ3) is 2.77. The molecule has 1 aromatic carbocycles. The van der Waals surface area contributed by atoms with Crippen molar-refractivity contribution in [1.82, 2.24) is 14.7 Å². The second-order valence-corrected chi connectivity index (χ2v) is 5.58. The molecule has 0 saturated carbocycles. The molecule has 0 N–H and O–H groups in total. The van der Waals surface area contributed by atoms with E-state index in [1.54, 1.807) is 11.8 Å². The summed E-state index contributed by atoms with van der Waals surface area (Å²) in [7, 11) is 0. The Kier molecular flexibility index (Phi) is 3.60. The maximum Gasteiger partial charge on any atom is 0.172 e. The van der Waals surface area contributed by atoms with Gasteiger partial charge in [0.25, 0.3) is 0 Å². The van der Waals surface area contributed by atoms with Crippen LogP contribution in [0.4, 0.5) is 0 Å². The Labute approximate surface area is 121 Å². The van der Waals surface area contributed by atoms with Gasteiger partial charge in [0.15, 0.2) is 5.16 Å². The molecule has 0 unspecified atom stereocenters. The van der Waals surface area contributed by atoms with Crippen molar-refractivity contribution in [3.05, 3.63) is 59.7 Å². The number of imidazole rings is 1. The number of nitrogens with zero attached hydrogens (tertiary/aromatic N) is 3. The minimum absolute atomic E-state index is 0.750. The van der Waals surface area contributed by atoms with Crippen molar-refractivity contribution in [3.63, 3.8) is 0 Å². The number of aryl methyl sites for hydroxylation is 2. The maximum absolute atomic E-state index is 5.07. The summed E-state index contributed by atoms with van der Waals surface area (Å²) in [4.78, 5) is 4.41. The lowest BCUT2D eigenvalue weighted by Gasteiger charge is -2.07. The van der Waals surface area contributed by atoms with Crippen molar-refractivity contribution in [1.29, 1.82) is 0 Å². The highest BCUT2D eigenvalue weighted by Gasteiger charge is 2.08. The molecule has 0 aliphatic rings. The van der Waals surface area contributed by atoms with Crippen LogP contribution in [-0.2, 0) is 5.75 Å². The van der Waals surface area contributed by atoms with Gasteiger partial charge < -0.3 is 4.52 Å². The topological polar surface area (TPSA) is 43.9 Å². The van der Waals surface area contributed by atoms with Crippen LogP contribution in [0, 0.1) is 13.8 Å². The lowest BCUT2D eigenvalue weighted by molar-refractivity contribution is 0.393. The van der Waals surface area contributed by atoms with Gasteiger partial charge >= 0.3 is 0 Å². The van der Waals surface area contributed by atoms with Gasteiger partial charge in [-0.05, 0) is 31.5 Å². The van der Waals surface area contributed by atoms with Crippen LogP contribution in [-0.4, -0.2) is 14.7 Å². The van der Waals surface area contributed by atoms with Crippen LogP contribution >= 0.6 is 11.8 Å². The molecule has 4 nitrogen and oxygen atoms in total. The highest BCUT2D eigenvalue weighted by Crippen LogP contribution is 2.24. The summed E-state index contributed by atoms with van der Waals surface area (Å²) in [6.07, 6.45) is 3.80.